The zero-order valence-corrected chi connectivity index (χ0v) is 15.6. The summed E-state index contributed by atoms with van der Waals surface area (Å²) < 4.78 is 6.90. The predicted molar refractivity (Wildman–Crippen MR) is 103 cm³/mol. The molecular weight excluding hydrogens is 364 g/mol. The third-order valence-electron chi connectivity index (χ3n) is 4.80. The molecule has 4 rings (SSSR count). The van der Waals surface area contributed by atoms with Gasteiger partial charge in [-0.15, -0.1) is 0 Å². The number of halogens is 1. The minimum atomic E-state index is -0.161. The number of fused-ring (bicyclic) bond motifs is 1. The molecule has 0 spiro atoms. The number of carbonyl (C=O) groups excluding carboxylic acids is 1. The number of hydrogen-bond acceptors (Lipinski definition) is 4. The van der Waals surface area contributed by atoms with Gasteiger partial charge in [0, 0.05) is 12.1 Å². The second-order valence-electron chi connectivity index (χ2n) is 6.43. The highest BCUT2D eigenvalue weighted by Crippen LogP contribution is 2.41. The lowest BCUT2D eigenvalue weighted by molar-refractivity contribution is -0.123. The Labute approximate surface area is 162 Å². The summed E-state index contributed by atoms with van der Waals surface area (Å²) in [6, 6.07) is 17.5. The lowest BCUT2D eigenvalue weighted by atomic mass is 9.92. The van der Waals surface area contributed by atoms with E-state index >= 15 is 0 Å². The van der Waals surface area contributed by atoms with Crippen LogP contribution in [0.1, 0.15) is 29.6 Å². The van der Waals surface area contributed by atoms with Crippen molar-refractivity contribution in [3.05, 3.63) is 77.1 Å². The summed E-state index contributed by atoms with van der Waals surface area (Å²) in [6.45, 7) is -0.0121. The largest absolute Gasteiger partial charge is 0.375 e. The van der Waals surface area contributed by atoms with Gasteiger partial charge in [0.05, 0.1) is 12.1 Å². The van der Waals surface area contributed by atoms with E-state index in [9.17, 15) is 4.79 Å². The zero-order chi connectivity index (χ0) is 18.8. The van der Waals surface area contributed by atoms with Gasteiger partial charge in [0.15, 0.2) is 0 Å². The Morgan fingerprint density at radius 3 is 2.52 bits per heavy atom. The van der Waals surface area contributed by atoms with Crippen LogP contribution in [0.15, 0.2) is 60.9 Å². The van der Waals surface area contributed by atoms with Crippen LogP contribution in [0.5, 0.6) is 0 Å². The van der Waals surface area contributed by atoms with Gasteiger partial charge in [-0.2, -0.15) is 10.1 Å². The molecule has 2 heterocycles. The SMILES string of the molecule is COCC(=O)N1c2ncnn2[C@H](c2ccc(Cl)cc2)C[C@@H]1c1ccccc1. The van der Waals surface area contributed by atoms with Crippen molar-refractivity contribution < 1.29 is 9.53 Å². The number of carbonyl (C=O) groups is 1. The smallest absolute Gasteiger partial charge is 0.255 e. The van der Waals surface area contributed by atoms with Crippen molar-refractivity contribution in [2.24, 2.45) is 0 Å². The van der Waals surface area contributed by atoms with Crippen LogP contribution in [0.4, 0.5) is 5.95 Å². The van der Waals surface area contributed by atoms with Gasteiger partial charge < -0.3 is 4.74 Å². The predicted octanol–water partition coefficient (Wildman–Crippen LogP) is 3.65. The summed E-state index contributed by atoms with van der Waals surface area (Å²) in [5.74, 6) is 0.382. The van der Waals surface area contributed by atoms with Gasteiger partial charge in [0.1, 0.15) is 12.9 Å². The highest BCUT2D eigenvalue weighted by molar-refractivity contribution is 6.30. The number of aromatic nitrogens is 3. The third-order valence-corrected chi connectivity index (χ3v) is 5.05. The number of ether oxygens (including phenoxy) is 1. The first-order chi connectivity index (χ1) is 13.2. The van der Waals surface area contributed by atoms with E-state index < -0.39 is 0 Å². The first-order valence-electron chi connectivity index (χ1n) is 8.70. The van der Waals surface area contributed by atoms with Gasteiger partial charge in [-0.25, -0.2) is 4.68 Å². The second-order valence-corrected chi connectivity index (χ2v) is 6.87. The van der Waals surface area contributed by atoms with Crippen molar-refractivity contribution in [2.75, 3.05) is 18.6 Å². The number of rotatable bonds is 4. The van der Waals surface area contributed by atoms with Gasteiger partial charge in [0.25, 0.3) is 5.91 Å². The van der Waals surface area contributed by atoms with E-state index in [1.165, 1.54) is 13.4 Å². The fourth-order valence-electron chi connectivity index (χ4n) is 3.59. The second kappa shape index (κ2) is 7.50. The van der Waals surface area contributed by atoms with Crippen molar-refractivity contribution in [2.45, 2.75) is 18.5 Å². The van der Waals surface area contributed by atoms with Crippen molar-refractivity contribution in [3.63, 3.8) is 0 Å². The maximum Gasteiger partial charge on any atom is 0.255 e. The summed E-state index contributed by atoms with van der Waals surface area (Å²) in [5, 5.41) is 5.08. The number of anilines is 1. The van der Waals surface area contributed by atoms with Crippen molar-refractivity contribution >= 4 is 23.5 Å². The van der Waals surface area contributed by atoms with E-state index in [1.807, 2.05) is 54.6 Å². The van der Waals surface area contributed by atoms with Crippen LogP contribution in [0.2, 0.25) is 5.02 Å². The molecule has 0 unspecified atom stereocenters. The van der Waals surface area contributed by atoms with Gasteiger partial charge in [-0.05, 0) is 29.7 Å². The monoisotopic (exact) mass is 382 g/mol. The molecule has 0 radical (unpaired) electrons. The third kappa shape index (κ3) is 3.34. The van der Waals surface area contributed by atoms with E-state index in [0.717, 1.165) is 11.1 Å². The Kier molecular flexibility index (Phi) is 4.92. The standard InChI is InChI=1S/C20H19ClN4O2/c1-27-12-19(26)24-17(14-5-3-2-4-6-14)11-18(25-20(24)22-13-23-25)15-7-9-16(21)10-8-15/h2-10,13,17-18H,11-12H2,1H3/t17-,18+/m1/s1. The topological polar surface area (TPSA) is 60.2 Å². The highest BCUT2D eigenvalue weighted by Gasteiger charge is 2.39. The Morgan fingerprint density at radius 1 is 1.11 bits per heavy atom. The summed E-state index contributed by atoms with van der Waals surface area (Å²) in [6.07, 6.45) is 2.16. The normalized spacial score (nSPS) is 19.0. The van der Waals surface area contributed by atoms with Crippen molar-refractivity contribution in [1.29, 1.82) is 0 Å². The number of nitrogens with zero attached hydrogens (tertiary/aromatic N) is 4. The van der Waals surface area contributed by atoms with Crippen molar-refractivity contribution in [3.8, 4) is 0 Å². The molecule has 138 valence electrons. The Hall–Kier alpha value is -2.70. The van der Waals surface area contributed by atoms with Crippen LogP contribution >= 0.6 is 11.6 Å². The molecule has 2 atom stereocenters. The van der Waals surface area contributed by atoms with E-state index in [0.29, 0.717) is 17.4 Å². The number of benzene rings is 2. The minimum Gasteiger partial charge on any atom is -0.375 e. The maximum absolute atomic E-state index is 12.8. The molecule has 7 heteroatoms. The molecule has 0 saturated carbocycles. The van der Waals surface area contributed by atoms with Crippen molar-refractivity contribution in [1.82, 2.24) is 14.8 Å². The van der Waals surface area contributed by atoms with Crippen LogP contribution in [-0.2, 0) is 9.53 Å². The first-order valence-corrected chi connectivity index (χ1v) is 9.07. The molecule has 0 N–H and O–H groups in total. The molecule has 1 aliphatic heterocycles. The summed E-state index contributed by atoms with van der Waals surface area (Å²) in [4.78, 5) is 18.9. The van der Waals surface area contributed by atoms with Gasteiger partial charge in [-0.1, -0.05) is 54.1 Å². The van der Waals surface area contributed by atoms with Crippen LogP contribution in [-0.4, -0.2) is 34.4 Å². The molecule has 6 nitrogen and oxygen atoms in total. The highest BCUT2D eigenvalue weighted by atomic mass is 35.5. The van der Waals surface area contributed by atoms with Crippen LogP contribution in [0.25, 0.3) is 0 Å². The molecule has 0 aliphatic carbocycles. The maximum atomic E-state index is 12.8. The quantitative estimate of drug-likeness (QED) is 0.691. The Morgan fingerprint density at radius 2 is 1.81 bits per heavy atom. The average molecular weight is 383 g/mol. The van der Waals surface area contributed by atoms with Crippen LogP contribution in [0.3, 0.4) is 0 Å². The Bertz CT molecular complexity index is 927. The van der Waals surface area contributed by atoms with Crippen LogP contribution in [0, 0.1) is 0 Å². The molecule has 2 aromatic carbocycles. The van der Waals surface area contributed by atoms with E-state index in [4.69, 9.17) is 16.3 Å². The molecule has 1 aromatic heterocycles. The van der Waals surface area contributed by atoms with E-state index in [2.05, 4.69) is 10.1 Å². The molecule has 0 bridgehead atoms. The summed E-state index contributed by atoms with van der Waals surface area (Å²) >= 11 is 6.05. The minimum absolute atomic E-state index is 0.0121. The average Bonchev–Trinajstić information content (AvgIpc) is 3.18. The fourth-order valence-corrected chi connectivity index (χ4v) is 3.72. The molecule has 1 aliphatic rings. The molecule has 3 aromatic rings. The zero-order valence-electron chi connectivity index (χ0n) is 14.8. The number of amides is 1. The molecule has 0 saturated heterocycles. The first kappa shape index (κ1) is 17.7. The summed E-state index contributed by atoms with van der Waals surface area (Å²) in [5.41, 5.74) is 2.13. The summed E-state index contributed by atoms with van der Waals surface area (Å²) in [7, 11) is 1.51. The Balaban J connectivity index is 1.82. The van der Waals surface area contributed by atoms with Crippen LogP contribution < -0.4 is 4.90 Å². The van der Waals surface area contributed by atoms with Gasteiger partial charge >= 0.3 is 0 Å². The van der Waals surface area contributed by atoms with Gasteiger partial charge in [0.2, 0.25) is 5.95 Å². The molecular formula is C20H19ClN4O2. The molecule has 27 heavy (non-hydrogen) atoms. The van der Waals surface area contributed by atoms with E-state index in [-0.39, 0.29) is 24.6 Å². The lowest BCUT2D eigenvalue weighted by Gasteiger charge is -2.39. The van der Waals surface area contributed by atoms with Gasteiger partial charge in [-0.3, -0.25) is 9.69 Å². The number of hydrogen-bond donors (Lipinski definition) is 0. The lowest BCUT2D eigenvalue weighted by Crippen LogP contribution is -2.44. The molecule has 0 fully saturated rings. The molecule has 1 amide bonds. The number of methoxy groups -OCH3 is 1. The van der Waals surface area contributed by atoms with E-state index in [1.54, 1.807) is 9.58 Å². The fraction of sp³-hybridized carbons (Fsp3) is 0.250.